The summed E-state index contributed by atoms with van der Waals surface area (Å²) in [5.41, 5.74) is 1.37. The first-order chi connectivity index (χ1) is 10.2. The van der Waals surface area contributed by atoms with Gasteiger partial charge in [-0.2, -0.15) is 0 Å². The van der Waals surface area contributed by atoms with Gasteiger partial charge in [-0.25, -0.2) is 0 Å². The second kappa shape index (κ2) is 7.67. The van der Waals surface area contributed by atoms with Crippen LogP contribution in [0.25, 0.3) is 0 Å². The van der Waals surface area contributed by atoms with Gasteiger partial charge < -0.3 is 14.8 Å². The van der Waals surface area contributed by atoms with Gasteiger partial charge in [0.05, 0.1) is 5.71 Å². The van der Waals surface area contributed by atoms with Crippen molar-refractivity contribution in [2.45, 2.75) is 32.6 Å². The molecule has 0 bridgehead atoms. The number of carbonyl (C=O) groups excluding carboxylic acids is 1. The third kappa shape index (κ3) is 4.48. The Labute approximate surface area is 125 Å². The Morgan fingerprint density at radius 3 is 2.38 bits per heavy atom. The summed E-state index contributed by atoms with van der Waals surface area (Å²) < 4.78 is 5.54. The van der Waals surface area contributed by atoms with Gasteiger partial charge in [-0.15, -0.1) is 0 Å². The normalized spacial score (nSPS) is 16.4. The van der Waals surface area contributed by atoms with Crippen LogP contribution in [0.4, 0.5) is 0 Å². The summed E-state index contributed by atoms with van der Waals surface area (Å²) in [6, 6.07) is 7.17. The van der Waals surface area contributed by atoms with E-state index in [1.165, 1.54) is 12.8 Å². The summed E-state index contributed by atoms with van der Waals surface area (Å²) >= 11 is 0. The molecule has 0 unspecified atom stereocenters. The van der Waals surface area contributed by atoms with Gasteiger partial charge in [0.2, 0.25) is 0 Å². The molecule has 1 heterocycles. The fraction of sp³-hybridized carbons (Fsp3) is 0.500. The first-order valence-electron chi connectivity index (χ1n) is 7.40. The standard InChI is InChI=1S/C16H22N2O3/c1-13(17-20)14-6-8-15(9-7-14)21-12-16(19)18-10-4-2-3-5-11-18/h6-9,20H,2-5,10-12H2,1H3/b17-13+. The molecule has 114 valence electrons. The van der Waals surface area contributed by atoms with E-state index in [0.29, 0.717) is 11.5 Å². The van der Waals surface area contributed by atoms with Crippen molar-refractivity contribution in [2.24, 2.45) is 5.16 Å². The van der Waals surface area contributed by atoms with E-state index in [1.807, 2.05) is 4.90 Å². The number of amides is 1. The maximum atomic E-state index is 12.1. The van der Waals surface area contributed by atoms with Crippen molar-refractivity contribution in [2.75, 3.05) is 19.7 Å². The molecule has 1 aromatic carbocycles. The zero-order chi connectivity index (χ0) is 15.1. The highest BCUT2D eigenvalue weighted by Crippen LogP contribution is 2.14. The van der Waals surface area contributed by atoms with Crippen molar-refractivity contribution < 1.29 is 14.7 Å². The molecule has 1 amide bonds. The van der Waals surface area contributed by atoms with Crippen molar-refractivity contribution in [3.8, 4) is 5.75 Å². The summed E-state index contributed by atoms with van der Waals surface area (Å²) in [6.45, 7) is 3.48. The van der Waals surface area contributed by atoms with Gasteiger partial charge in [0.25, 0.3) is 5.91 Å². The number of likely N-dealkylation sites (tertiary alicyclic amines) is 1. The van der Waals surface area contributed by atoms with Crippen LogP contribution in [-0.2, 0) is 4.79 Å². The van der Waals surface area contributed by atoms with Crippen LogP contribution >= 0.6 is 0 Å². The molecule has 0 atom stereocenters. The van der Waals surface area contributed by atoms with Crippen LogP contribution in [-0.4, -0.2) is 41.4 Å². The Morgan fingerprint density at radius 1 is 1.19 bits per heavy atom. The maximum Gasteiger partial charge on any atom is 0.260 e. The second-order valence-corrected chi connectivity index (χ2v) is 5.29. The second-order valence-electron chi connectivity index (χ2n) is 5.29. The first kappa shape index (κ1) is 15.4. The van der Waals surface area contributed by atoms with Crippen LogP contribution in [0.5, 0.6) is 5.75 Å². The summed E-state index contributed by atoms with van der Waals surface area (Å²) in [4.78, 5) is 14.0. The number of ether oxygens (including phenoxy) is 1. The molecule has 1 aliphatic heterocycles. The van der Waals surface area contributed by atoms with E-state index in [0.717, 1.165) is 31.5 Å². The SMILES string of the molecule is C/C(=N\O)c1ccc(OCC(=O)N2CCCCCC2)cc1. The van der Waals surface area contributed by atoms with Crippen LogP contribution in [0.3, 0.4) is 0 Å². The predicted octanol–water partition coefficient (Wildman–Crippen LogP) is 2.67. The summed E-state index contributed by atoms with van der Waals surface area (Å²) in [5.74, 6) is 0.696. The fourth-order valence-corrected chi connectivity index (χ4v) is 2.41. The molecule has 0 aliphatic carbocycles. The largest absolute Gasteiger partial charge is 0.484 e. The van der Waals surface area contributed by atoms with Gasteiger partial charge in [0.15, 0.2) is 6.61 Å². The van der Waals surface area contributed by atoms with E-state index in [1.54, 1.807) is 31.2 Å². The van der Waals surface area contributed by atoms with Gasteiger partial charge in [0.1, 0.15) is 5.75 Å². The fourth-order valence-electron chi connectivity index (χ4n) is 2.41. The molecule has 0 spiro atoms. The summed E-state index contributed by atoms with van der Waals surface area (Å²) in [7, 11) is 0. The minimum atomic E-state index is 0.0501. The first-order valence-corrected chi connectivity index (χ1v) is 7.40. The highest BCUT2D eigenvalue weighted by atomic mass is 16.5. The zero-order valence-electron chi connectivity index (χ0n) is 12.4. The van der Waals surface area contributed by atoms with Gasteiger partial charge in [-0.1, -0.05) is 18.0 Å². The van der Waals surface area contributed by atoms with Gasteiger partial charge in [-0.3, -0.25) is 4.79 Å². The minimum absolute atomic E-state index is 0.0501. The Kier molecular flexibility index (Phi) is 5.60. The molecule has 21 heavy (non-hydrogen) atoms. The van der Waals surface area contributed by atoms with Crippen molar-refractivity contribution in [3.05, 3.63) is 29.8 Å². The number of hydrogen-bond acceptors (Lipinski definition) is 4. The van der Waals surface area contributed by atoms with Crippen molar-refractivity contribution >= 4 is 11.6 Å². The van der Waals surface area contributed by atoms with Crippen LogP contribution < -0.4 is 4.74 Å². The smallest absolute Gasteiger partial charge is 0.260 e. The van der Waals surface area contributed by atoms with E-state index in [-0.39, 0.29) is 12.5 Å². The number of carbonyl (C=O) groups is 1. The summed E-state index contributed by atoms with van der Waals surface area (Å²) in [5, 5.41) is 11.9. The topological polar surface area (TPSA) is 62.1 Å². The Bertz CT molecular complexity index is 489. The number of oxime groups is 1. The minimum Gasteiger partial charge on any atom is -0.484 e. The number of rotatable bonds is 4. The Hall–Kier alpha value is -2.04. The van der Waals surface area contributed by atoms with Crippen molar-refractivity contribution in [3.63, 3.8) is 0 Å². The molecule has 0 saturated carbocycles. The van der Waals surface area contributed by atoms with E-state index >= 15 is 0 Å². The molecule has 5 heteroatoms. The molecule has 0 aromatic heterocycles. The van der Waals surface area contributed by atoms with E-state index in [2.05, 4.69) is 5.16 Å². The van der Waals surface area contributed by atoms with Crippen LogP contribution in [0, 0.1) is 0 Å². The molecule has 0 radical (unpaired) electrons. The van der Waals surface area contributed by atoms with Gasteiger partial charge in [-0.05, 0) is 49.6 Å². The zero-order valence-corrected chi connectivity index (χ0v) is 12.4. The average Bonchev–Trinajstić information content (AvgIpc) is 2.81. The molecular formula is C16H22N2O3. The van der Waals surface area contributed by atoms with E-state index < -0.39 is 0 Å². The molecule has 1 aromatic rings. The van der Waals surface area contributed by atoms with Crippen LogP contribution in [0.1, 0.15) is 38.2 Å². The molecule has 2 rings (SSSR count). The van der Waals surface area contributed by atoms with Crippen molar-refractivity contribution in [1.82, 2.24) is 4.90 Å². The highest BCUT2D eigenvalue weighted by molar-refractivity contribution is 5.98. The van der Waals surface area contributed by atoms with E-state index in [4.69, 9.17) is 9.94 Å². The quantitative estimate of drug-likeness (QED) is 0.527. The molecule has 1 saturated heterocycles. The molecule has 1 N–H and O–H groups in total. The number of benzene rings is 1. The van der Waals surface area contributed by atoms with E-state index in [9.17, 15) is 4.79 Å². The monoisotopic (exact) mass is 290 g/mol. The Balaban J connectivity index is 1.86. The van der Waals surface area contributed by atoms with Gasteiger partial charge >= 0.3 is 0 Å². The lowest BCUT2D eigenvalue weighted by Gasteiger charge is -2.20. The lowest BCUT2D eigenvalue weighted by molar-refractivity contribution is -0.133. The third-order valence-electron chi connectivity index (χ3n) is 3.74. The van der Waals surface area contributed by atoms with Crippen LogP contribution in [0.15, 0.2) is 29.4 Å². The highest BCUT2D eigenvalue weighted by Gasteiger charge is 2.15. The number of hydrogen-bond donors (Lipinski definition) is 1. The Morgan fingerprint density at radius 2 is 1.81 bits per heavy atom. The lowest BCUT2D eigenvalue weighted by Crippen LogP contribution is -2.35. The maximum absolute atomic E-state index is 12.1. The van der Waals surface area contributed by atoms with Gasteiger partial charge in [0, 0.05) is 13.1 Å². The molecule has 1 aliphatic rings. The lowest BCUT2D eigenvalue weighted by atomic mass is 10.1. The molecule has 1 fully saturated rings. The number of nitrogens with zero attached hydrogens (tertiary/aromatic N) is 2. The average molecular weight is 290 g/mol. The molecule has 5 nitrogen and oxygen atoms in total. The van der Waals surface area contributed by atoms with Crippen LogP contribution in [0.2, 0.25) is 0 Å². The predicted molar refractivity (Wildman–Crippen MR) is 81.0 cm³/mol. The molecular weight excluding hydrogens is 268 g/mol. The third-order valence-corrected chi connectivity index (χ3v) is 3.74. The summed E-state index contributed by atoms with van der Waals surface area (Å²) in [6.07, 6.45) is 4.58. The van der Waals surface area contributed by atoms with Crippen molar-refractivity contribution in [1.29, 1.82) is 0 Å².